The summed E-state index contributed by atoms with van der Waals surface area (Å²) in [5, 5.41) is 7.27. The van der Waals surface area contributed by atoms with Gasteiger partial charge in [0.05, 0.1) is 5.69 Å². The molecule has 1 atom stereocenters. The lowest BCUT2D eigenvalue weighted by Gasteiger charge is -2.06. The van der Waals surface area contributed by atoms with Crippen molar-refractivity contribution in [2.24, 2.45) is 5.92 Å². The highest BCUT2D eigenvalue weighted by molar-refractivity contribution is 5.14. The van der Waals surface area contributed by atoms with Crippen LogP contribution in [0.5, 0.6) is 0 Å². The average molecular weight is 194 g/mol. The number of hydrogen-bond acceptors (Lipinski definition) is 3. The Labute approximate surface area is 84.9 Å². The smallest absolute Gasteiger partial charge is 0.140 e. The first kappa shape index (κ1) is 9.71. The van der Waals surface area contributed by atoms with Crippen molar-refractivity contribution < 1.29 is 4.52 Å². The molecule has 1 fully saturated rings. The monoisotopic (exact) mass is 194 g/mol. The third-order valence-electron chi connectivity index (χ3n) is 2.67. The van der Waals surface area contributed by atoms with Crippen molar-refractivity contribution in [2.45, 2.75) is 32.1 Å². The lowest BCUT2D eigenvalue weighted by Crippen LogP contribution is -2.17. The van der Waals surface area contributed by atoms with Crippen LogP contribution in [0.2, 0.25) is 0 Å². The Hall–Kier alpha value is -0.830. The zero-order chi connectivity index (χ0) is 9.97. The van der Waals surface area contributed by atoms with Crippen LogP contribution in [-0.4, -0.2) is 18.7 Å². The molecule has 1 heterocycles. The Morgan fingerprint density at radius 2 is 2.43 bits per heavy atom. The fourth-order valence-electron chi connectivity index (χ4n) is 1.76. The molecule has 0 aromatic carbocycles. The molecular formula is C11H18N2O. The van der Waals surface area contributed by atoms with Gasteiger partial charge in [0.15, 0.2) is 0 Å². The molecule has 0 radical (unpaired) electrons. The summed E-state index contributed by atoms with van der Waals surface area (Å²) in [4.78, 5) is 0. The summed E-state index contributed by atoms with van der Waals surface area (Å²) in [5.74, 6) is 2.39. The molecular weight excluding hydrogens is 176 g/mol. The van der Waals surface area contributed by atoms with Crippen LogP contribution in [0.3, 0.4) is 0 Å². The van der Waals surface area contributed by atoms with Gasteiger partial charge in [-0.05, 0) is 38.8 Å². The average Bonchev–Trinajstić information content (AvgIpc) is 2.89. The maximum absolute atomic E-state index is 5.30. The van der Waals surface area contributed by atoms with Crippen LogP contribution in [0.15, 0.2) is 10.6 Å². The summed E-state index contributed by atoms with van der Waals surface area (Å²) >= 11 is 0. The van der Waals surface area contributed by atoms with Crippen LogP contribution in [0.1, 0.15) is 37.1 Å². The van der Waals surface area contributed by atoms with Gasteiger partial charge in [-0.3, -0.25) is 0 Å². The molecule has 1 saturated carbocycles. The van der Waals surface area contributed by atoms with Crippen molar-refractivity contribution in [3.05, 3.63) is 17.5 Å². The van der Waals surface area contributed by atoms with Gasteiger partial charge in [-0.1, -0.05) is 12.1 Å². The molecule has 0 saturated heterocycles. The van der Waals surface area contributed by atoms with Crippen LogP contribution in [-0.2, 0) is 6.42 Å². The zero-order valence-corrected chi connectivity index (χ0v) is 8.92. The lowest BCUT2D eigenvalue weighted by molar-refractivity contribution is 0.373. The summed E-state index contributed by atoms with van der Waals surface area (Å²) in [7, 11) is 1.98. The minimum atomic E-state index is 0.622. The number of nitrogens with zero attached hydrogens (tertiary/aromatic N) is 1. The normalized spacial score (nSPS) is 18.4. The Morgan fingerprint density at radius 3 is 3.07 bits per heavy atom. The predicted octanol–water partition coefficient (Wildman–Crippen LogP) is 1.95. The van der Waals surface area contributed by atoms with E-state index in [1.807, 2.05) is 7.05 Å². The lowest BCUT2D eigenvalue weighted by atomic mass is 10.1. The van der Waals surface area contributed by atoms with Gasteiger partial charge in [-0.15, -0.1) is 0 Å². The molecule has 1 aliphatic rings. The van der Waals surface area contributed by atoms with E-state index >= 15 is 0 Å². The van der Waals surface area contributed by atoms with Gasteiger partial charge >= 0.3 is 0 Å². The van der Waals surface area contributed by atoms with E-state index in [1.54, 1.807) is 0 Å². The molecule has 2 rings (SSSR count). The number of hydrogen-bond donors (Lipinski definition) is 1. The van der Waals surface area contributed by atoms with E-state index in [0.717, 1.165) is 24.4 Å². The molecule has 3 heteroatoms. The third-order valence-corrected chi connectivity index (χ3v) is 2.67. The molecule has 1 unspecified atom stereocenters. The van der Waals surface area contributed by atoms with E-state index in [-0.39, 0.29) is 0 Å². The summed E-state index contributed by atoms with van der Waals surface area (Å²) in [6.45, 7) is 3.26. The fourth-order valence-corrected chi connectivity index (χ4v) is 1.76. The summed E-state index contributed by atoms with van der Waals surface area (Å²) < 4.78 is 5.30. The molecule has 14 heavy (non-hydrogen) atoms. The fraction of sp³-hybridized carbons (Fsp3) is 0.727. The van der Waals surface area contributed by atoms with Gasteiger partial charge in [0, 0.05) is 12.0 Å². The molecule has 78 valence electrons. The minimum absolute atomic E-state index is 0.622. The van der Waals surface area contributed by atoms with Gasteiger partial charge in [0.25, 0.3) is 0 Å². The van der Waals surface area contributed by atoms with E-state index in [9.17, 15) is 0 Å². The van der Waals surface area contributed by atoms with Crippen LogP contribution >= 0.6 is 0 Å². The maximum Gasteiger partial charge on any atom is 0.140 e. The first-order valence-corrected chi connectivity index (χ1v) is 5.39. The second-order valence-electron chi connectivity index (χ2n) is 4.36. The molecule has 0 spiro atoms. The Balaban J connectivity index is 1.88. The molecule has 0 aliphatic heterocycles. The highest BCUT2D eigenvalue weighted by Gasteiger charge is 2.27. The van der Waals surface area contributed by atoms with Gasteiger partial charge in [-0.2, -0.15) is 0 Å². The third kappa shape index (κ3) is 2.35. The highest BCUT2D eigenvalue weighted by atomic mass is 16.5. The zero-order valence-electron chi connectivity index (χ0n) is 8.92. The molecule has 0 amide bonds. The first-order chi connectivity index (χ1) is 6.79. The quantitative estimate of drug-likeness (QED) is 0.778. The van der Waals surface area contributed by atoms with E-state index < -0.39 is 0 Å². The largest absolute Gasteiger partial charge is 0.361 e. The van der Waals surface area contributed by atoms with Crippen molar-refractivity contribution in [1.82, 2.24) is 10.5 Å². The second-order valence-corrected chi connectivity index (χ2v) is 4.36. The van der Waals surface area contributed by atoms with Crippen molar-refractivity contribution in [3.63, 3.8) is 0 Å². The standard InChI is InChI=1S/C11H18N2O/c1-8(7-12-2)5-10-6-11(14-13-10)9-3-4-9/h6,8-9,12H,3-5,7H2,1-2H3. The van der Waals surface area contributed by atoms with Crippen LogP contribution in [0.4, 0.5) is 0 Å². The molecule has 1 aliphatic carbocycles. The van der Waals surface area contributed by atoms with Crippen molar-refractivity contribution >= 4 is 0 Å². The highest BCUT2D eigenvalue weighted by Crippen LogP contribution is 2.40. The molecule has 1 N–H and O–H groups in total. The Morgan fingerprint density at radius 1 is 1.64 bits per heavy atom. The molecule has 0 bridgehead atoms. The van der Waals surface area contributed by atoms with Crippen LogP contribution in [0, 0.1) is 5.92 Å². The topological polar surface area (TPSA) is 38.1 Å². The number of rotatable bonds is 5. The summed E-state index contributed by atoms with van der Waals surface area (Å²) in [5.41, 5.74) is 1.11. The minimum Gasteiger partial charge on any atom is -0.361 e. The Kier molecular flexibility index (Phi) is 2.87. The van der Waals surface area contributed by atoms with Crippen LogP contribution in [0.25, 0.3) is 0 Å². The molecule has 1 aromatic heterocycles. The summed E-state index contributed by atoms with van der Waals surface area (Å²) in [6.07, 6.45) is 3.57. The summed E-state index contributed by atoms with van der Waals surface area (Å²) in [6, 6.07) is 2.13. The SMILES string of the molecule is CNCC(C)Cc1cc(C2CC2)on1. The van der Waals surface area contributed by atoms with E-state index in [2.05, 4.69) is 23.5 Å². The molecule has 3 nitrogen and oxygen atoms in total. The van der Waals surface area contributed by atoms with Crippen molar-refractivity contribution in [3.8, 4) is 0 Å². The molecule has 1 aromatic rings. The maximum atomic E-state index is 5.30. The van der Waals surface area contributed by atoms with Gasteiger partial charge in [0.1, 0.15) is 5.76 Å². The van der Waals surface area contributed by atoms with E-state index in [4.69, 9.17) is 4.52 Å². The van der Waals surface area contributed by atoms with Gasteiger partial charge < -0.3 is 9.84 Å². The second kappa shape index (κ2) is 4.13. The number of aromatic nitrogens is 1. The first-order valence-electron chi connectivity index (χ1n) is 5.39. The van der Waals surface area contributed by atoms with Gasteiger partial charge in [-0.25, -0.2) is 0 Å². The Bertz CT molecular complexity index is 291. The predicted molar refractivity (Wildman–Crippen MR) is 55.3 cm³/mol. The van der Waals surface area contributed by atoms with Crippen LogP contribution < -0.4 is 5.32 Å². The van der Waals surface area contributed by atoms with E-state index in [0.29, 0.717) is 11.8 Å². The van der Waals surface area contributed by atoms with Crippen molar-refractivity contribution in [1.29, 1.82) is 0 Å². The van der Waals surface area contributed by atoms with Crippen molar-refractivity contribution in [2.75, 3.05) is 13.6 Å². The number of nitrogens with one attached hydrogen (secondary N) is 1. The van der Waals surface area contributed by atoms with Gasteiger partial charge in [0.2, 0.25) is 0 Å². The van der Waals surface area contributed by atoms with E-state index in [1.165, 1.54) is 12.8 Å².